The second kappa shape index (κ2) is 6.76. The summed E-state index contributed by atoms with van der Waals surface area (Å²) in [6.07, 6.45) is 7.67. The van der Waals surface area contributed by atoms with Crippen molar-refractivity contribution in [3.63, 3.8) is 0 Å². The van der Waals surface area contributed by atoms with Gasteiger partial charge in [-0.05, 0) is 46.1 Å². The lowest BCUT2D eigenvalue weighted by atomic mass is 9.93. The van der Waals surface area contributed by atoms with Crippen LogP contribution in [0.5, 0.6) is 0 Å². The molecule has 1 heterocycles. The molecule has 1 fully saturated rings. The van der Waals surface area contributed by atoms with Crippen molar-refractivity contribution in [3.8, 4) is 0 Å². The first-order valence-corrected chi connectivity index (χ1v) is 7.92. The van der Waals surface area contributed by atoms with Crippen LogP contribution in [0, 0.1) is 12.8 Å². The summed E-state index contributed by atoms with van der Waals surface area (Å²) in [4.78, 5) is 0. The molecular weight excluding hydrogens is 258 g/mol. The topological polar surface area (TPSA) is 29.9 Å². The number of nitrogens with zero attached hydrogens (tertiary/aromatic N) is 2. The SMILES string of the molecule is CCn1nc(C)c(Cl)c1CC1CCCCC(NC)C1. The number of hydrogen-bond acceptors (Lipinski definition) is 2. The highest BCUT2D eigenvalue weighted by molar-refractivity contribution is 6.31. The summed E-state index contributed by atoms with van der Waals surface area (Å²) >= 11 is 6.42. The standard InChI is InChI=1S/C15H26ClN3/c1-4-19-14(15(16)11(2)18-19)10-12-7-5-6-8-13(9-12)17-3/h12-13,17H,4-10H2,1-3H3. The molecule has 0 aliphatic heterocycles. The zero-order valence-electron chi connectivity index (χ0n) is 12.4. The van der Waals surface area contributed by atoms with Crippen LogP contribution in [0.3, 0.4) is 0 Å². The number of aromatic nitrogens is 2. The lowest BCUT2D eigenvalue weighted by Gasteiger charge is -2.20. The number of hydrogen-bond donors (Lipinski definition) is 1. The summed E-state index contributed by atoms with van der Waals surface area (Å²) in [7, 11) is 2.08. The van der Waals surface area contributed by atoms with Crippen LogP contribution in [0.15, 0.2) is 0 Å². The Morgan fingerprint density at radius 2 is 2.11 bits per heavy atom. The van der Waals surface area contributed by atoms with Crippen molar-refractivity contribution in [2.24, 2.45) is 5.92 Å². The molecule has 1 N–H and O–H groups in total. The van der Waals surface area contributed by atoms with Crippen molar-refractivity contribution in [1.29, 1.82) is 0 Å². The van der Waals surface area contributed by atoms with E-state index >= 15 is 0 Å². The molecule has 0 bridgehead atoms. The van der Waals surface area contributed by atoms with Crippen molar-refractivity contribution in [1.82, 2.24) is 15.1 Å². The molecule has 0 radical (unpaired) electrons. The highest BCUT2D eigenvalue weighted by atomic mass is 35.5. The van der Waals surface area contributed by atoms with Gasteiger partial charge in [0.25, 0.3) is 0 Å². The molecule has 0 spiro atoms. The van der Waals surface area contributed by atoms with E-state index in [1.165, 1.54) is 37.8 Å². The van der Waals surface area contributed by atoms with Gasteiger partial charge in [0, 0.05) is 12.6 Å². The quantitative estimate of drug-likeness (QED) is 0.856. The molecular formula is C15H26ClN3. The second-order valence-electron chi connectivity index (χ2n) is 5.74. The normalized spacial score (nSPS) is 24.4. The molecule has 2 rings (SSSR count). The van der Waals surface area contributed by atoms with Crippen molar-refractivity contribution in [2.45, 2.75) is 65.0 Å². The van der Waals surface area contributed by atoms with Gasteiger partial charge in [-0.3, -0.25) is 4.68 Å². The molecule has 0 saturated heterocycles. The van der Waals surface area contributed by atoms with Gasteiger partial charge in [-0.1, -0.05) is 30.9 Å². The van der Waals surface area contributed by atoms with Crippen LogP contribution in [0.2, 0.25) is 5.02 Å². The van der Waals surface area contributed by atoms with Crippen molar-refractivity contribution >= 4 is 11.6 Å². The van der Waals surface area contributed by atoms with E-state index in [2.05, 4.69) is 29.1 Å². The van der Waals surface area contributed by atoms with Crippen molar-refractivity contribution in [3.05, 3.63) is 16.4 Å². The molecule has 2 unspecified atom stereocenters. The second-order valence-corrected chi connectivity index (χ2v) is 6.12. The maximum absolute atomic E-state index is 6.42. The zero-order valence-corrected chi connectivity index (χ0v) is 13.1. The summed E-state index contributed by atoms with van der Waals surface area (Å²) in [6.45, 7) is 5.04. The molecule has 1 aliphatic carbocycles. The van der Waals surface area contributed by atoms with E-state index in [1.54, 1.807) is 0 Å². The molecule has 108 valence electrons. The van der Waals surface area contributed by atoms with Gasteiger partial charge >= 0.3 is 0 Å². The molecule has 1 aromatic rings. The molecule has 0 aromatic carbocycles. The lowest BCUT2D eigenvalue weighted by Crippen LogP contribution is -2.27. The number of rotatable bonds is 4. The zero-order chi connectivity index (χ0) is 13.8. The highest BCUT2D eigenvalue weighted by Crippen LogP contribution is 2.30. The van der Waals surface area contributed by atoms with Crippen LogP contribution in [0.4, 0.5) is 0 Å². The van der Waals surface area contributed by atoms with Crippen LogP contribution in [0.25, 0.3) is 0 Å². The first kappa shape index (κ1) is 14.9. The van der Waals surface area contributed by atoms with Crippen molar-refractivity contribution in [2.75, 3.05) is 7.05 Å². The fraction of sp³-hybridized carbons (Fsp3) is 0.800. The van der Waals surface area contributed by atoms with Gasteiger partial charge < -0.3 is 5.32 Å². The summed E-state index contributed by atoms with van der Waals surface area (Å²) in [5.74, 6) is 0.735. The third-order valence-corrected chi connectivity index (χ3v) is 4.87. The Morgan fingerprint density at radius 3 is 2.79 bits per heavy atom. The molecule has 1 aliphatic rings. The first-order valence-electron chi connectivity index (χ1n) is 7.54. The van der Waals surface area contributed by atoms with E-state index in [1.807, 2.05) is 6.92 Å². The number of nitrogens with one attached hydrogen (secondary N) is 1. The van der Waals surface area contributed by atoms with E-state index in [9.17, 15) is 0 Å². The van der Waals surface area contributed by atoms with E-state index in [0.29, 0.717) is 6.04 Å². The maximum Gasteiger partial charge on any atom is 0.0847 e. The van der Waals surface area contributed by atoms with E-state index in [4.69, 9.17) is 11.6 Å². The summed E-state index contributed by atoms with van der Waals surface area (Å²) in [6, 6.07) is 0.672. The summed E-state index contributed by atoms with van der Waals surface area (Å²) < 4.78 is 2.08. The average molecular weight is 284 g/mol. The minimum Gasteiger partial charge on any atom is -0.317 e. The Labute approximate surface area is 121 Å². The predicted octanol–water partition coefficient (Wildman–Crippen LogP) is 3.58. The maximum atomic E-state index is 6.42. The molecule has 3 nitrogen and oxygen atoms in total. The first-order chi connectivity index (χ1) is 9.15. The monoisotopic (exact) mass is 283 g/mol. The highest BCUT2D eigenvalue weighted by Gasteiger charge is 2.22. The van der Waals surface area contributed by atoms with Crippen LogP contribution in [0.1, 0.15) is 50.4 Å². The van der Waals surface area contributed by atoms with Gasteiger partial charge in [-0.2, -0.15) is 5.10 Å². The molecule has 1 saturated carbocycles. The third-order valence-electron chi connectivity index (χ3n) is 4.38. The minimum atomic E-state index is 0.672. The number of halogens is 1. The van der Waals surface area contributed by atoms with E-state index in [0.717, 1.165) is 29.6 Å². The van der Waals surface area contributed by atoms with Gasteiger partial charge in [0.05, 0.1) is 16.4 Å². The van der Waals surface area contributed by atoms with Crippen LogP contribution in [-0.2, 0) is 13.0 Å². The summed E-state index contributed by atoms with van der Waals surface area (Å²) in [5.41, 5.74) is 2.21. The van der Waals surface area contributed by atoms with Gasteiger partial charge in [-0.15, -0.1) is 0 Å². The Balaban J connectivity index is 2.11. The summed E-state index contributed by atoms with van der Waals surface area (Å²) in [5, 5.41) is 8.86. The molecule has 19 heavy (non-hydrogen) atoms. The molecule has 1 aromatic heterocycles. The van der Waals surface area contributed by atoms with Crippen LogP contribution >= 0.6 is 11.6 Å². The van der Waals surface area contributed by atoms with E-state index < -0.39 is 0 Å². The predicted molar refractivity (Wildman–Crippen MR) is 80.8 cm³/mol. The Morgan fingerprint density at radius 1 is 1.37 bits per heavy atom. The van der Waals surface area contributed by atoms with Gasteiger partial charge in [0.2, 0.25) is 0 Å². The number of aryl methyl sites for hydroxylation is 2. The Hall–Kier alpha value is -0.540. The van der Waals surface area contributed by atoms with Crippen LogP contribution in [-0.4, -0.2) is 22.9 Å². The average Bonchev–Trinajstić information content (AvgIpc) is 2.61. The van der Waals surface area contributed by atoms with E-state index in [-0.39, 0.29) is 0 Å². The molecule has 0 amide bonds. The van der Waals surface area contributed by atoms with Gasteiger partial charge in [0.1, 0.15) is 0 Å². The largest absolute Gasteiger partial charge is 0.317 e. The smallest absolute Gasteiger partial charge is 0.0847 e. The van der Waals surface area contributed by atoms with Crippen LogP contribution < -0.4 is 5.32 Å². The molecule has 2 atom stereocenters. The Kier molecular flexibility index (Phi) is 5.28. The van der Waals surface area contributed by atoms with Crippen molar-refractivity contribution < 1.29 is 0 Å². The van der Waals surface area contributed by atoms with Gasteiger partial charge in [-0.25, -0.2) is 0 Å². The fourth-order valence-corrected chi connectivity index (χ4v) is 3.46. The molecule has 4 heteroatoms. The third kappa shape index (κ3) is 3.51. The van der Waals surface area contributed by atoms with Gasteiger partial charge in [0.15, 0.2) is 0 Å². The Bertz CT molecular complexity index is 414. The minimum absolute atomic E-state index is 0.672. The lowest BCUT2D eigenvalue weighted by molar-refractivity contribution is 0.391. The fourth-order valence-electron chi connectivity index (χ4n) is 3.25.